The molecular formula is C26H27N3O. The molecular weight excluding hydrogens is 370 g/mol. The summed E-state index contributed by atoms with van der Waals surface area (Å²) in [5.74, 6) is 1.35. The van der Waals surface area contributed by atoms with Gasteiger partial charge in [0, 0.05) is 31.0 Å². The number of hydrogen-bond acceptors (Lipinski definition) is 2. The second-order valence-electron chi connectivity index (χ2n) is 9.26. The minimum atomic E-state index is -0.168. The normalized spacial score (nSPS) is 17.4. The maximum absolute atomic E-state index is 12.8. The quantitative estimate of drug-likeness (QED) is 0.467. The molecule has 0 aliphatic carbocycles. The monoisotopic (exact) mass is 397 g/mol. The van der Waals surface area contributed by atoms with Crippen LogP contribution in [0.5, 0.6) is 0 Å². The fraction of sp³-hybridized carbons (Fsp3) is 0.308. The number of likely N-dealkylation sites (tertiary alicyclic amines) is 1. The molecule has 0 radical (unpaired) electrons. The van der Waals surface area contributed by atoms with E-state index in [1.165, 1.54) is 16.3 Å². The molecule has 2 heterocycles. The standard InChI is InChI=1S/C26H27N3O/c1-26(2,3)29-17-20(15-24(29)30)25-27-22-13-6-7-14-23(22)28(25)16-19-11-8-10-18-9-4-5-12-21(18)19/h4-14,20H,15-17H2,1-3H3/t20-/m0/s1. The van der Waals surface area contributed by atoms with Crippen LogP contribution in [0.4, 0.5) is 0 Å². The van der Waals surface area contributed by atoms with Gasteiger partial charge in [0.2, 0.25) is 5.91 Å². The van der Waals surface area contributed by atoms with E-state index in [0.29, 0.717) is 6.42 Å². The van der Waals surface area contributed by atoms with Crippen molar-refractivity contribution in [3.05, 3.63) is 78.1 Å². The molecule has 1 atom stereocenters. The van der Waals surface area contributed by atoms with E-state index in [1.54, 1.807) is 0 Å². The van der Waals surface area contributed by atoms with Crippen LogP contribution in [0.1, 0.15) is 44.5 Å². The van der Waals surface area contributed by atoms with Crippen LogP contribution in [0.2, 0.25) is 0 Å². The number of amides is 1. The van der Waals surface area contributed by atoms with Gasteiger partial charge in [-0.15, -0.1) is 0 Å². The van der Waals surface area contributed by atoms with E-state index < -0.39 is 0 Å². The van der Waals surface area contributed by atoms with Gasteiger partial charge >= 0.3 is 0 Å². The first-order valence-electron chi connectivity index (χ1n) is 10.6. The molecule has 3 aromatic carbocycles. The predicted octanol–water partition coefficient (Wildman–Crippen LogP) is 5.35. The third-order valence-electron chi connectivity index (χ3n) is 6.19. The molecule has 0 N–H and O–H groups in total. The van der Waals surface area contributed by atoms with Gasteiger partial charge < -0.3 is 9.47 Å². The Morgan fingerprint density at radius 3 is 2.50 bits per heavy atom. The molecule has 0 spiro atoms. The van der Waals surface area contributed by atoms with Gasteiger partial charge in [0.05, 0.1) is 11.0 Å². The Morgan fingerprint density at radius 1 is 0.967 bits per heavy atom. The van der Waals surface area contributed by atoms with Gasteiger partial charge in [0.1, 0.15) is 5.82 Å². The number of carbonyl (C=O) groups is 1. The minimum absolute atomic E-state index is 0.110. The van der Waals surface area contributed by atoms with Gasteiger partial charge in [0.15, 0.2) is 0 Å². The lowest BCUT2D eigenvalue weighted by molar-refractivity contribution is -0.131. The molecule has 5 rings (SSSR count). The average molecular weight is 398 g/mol. The predicted molar refractivity (Wildman–Crippen MR) is 122 cm³/mol. The smallest absolute Gasteiger partial charge is 0.223 e. The van der Waals surface area contributed by atoms with Crippen molar-refractivity contribution in [3.63, 3.8) is 0 Å². The van der Waals surface area contributed by atoms with Crippen molar-refractivity contribution in [1.82, 2.24) is 14.5 Å². The average Bonchev–Trinajstić information content (AvgIpc) is 3.29. The number of benzene rings is 3. The number of aromatic nitrogens is 2. The molecule has 4 heteroatoms. The lowest BCUT2D eigenvalue weighted by atomic mass is 10.0. The Kier molecular flexibility index (Phi) is 4.39. The number of imidazole rings is 1. The Labute approximate surface area is 177 Å². The fourth-order valence-corrected chi connectivity index (χ4v) is 4.70. The van der Waals surface area contributed by atoms with Crippen molar-refractivity contribution in [2.75, 3.05) is 6.54 Å². The van der Waals surface area contributed by atoms with E-state index in [-0.39, 0.29) is 17.4 Å². The SMILES string of the molecule is CC(C)(C)N1C[C@@H](c2nc3ccccc3n2Cc2cccc3ccccc23)CC1=O. The Balaban J connectivity index is 1.61. The number of rotatable bonds is 3. The topological polar surface area (TPSA) is 38.1 Å². The highest BCUT2D eigenvalue weighted by molar-refractivity contribution is 5.86. The molecule has 4 aromatic rings. The highest BCUT2D eigenvalue weighted by Gasteiger charge is 2.39. The molecule has 1 aliphatic rings. The molecule has 4 nitrogen and oxygen atoms in total. The van der Waals surface area contributed by atoms with Crippen LogP contribution in [0.25, 0.3) is 21.8 Å². The highest BCUT2D eigenvalue weighted by Crippen LogP contribution is 2.34. The fourth-order valence-electron chi connectivity index (χ4n) is 4.70. The first-order chi connectivity index (χ1) is 14.4. The van der Waals surface area contributed by atoms with Gasteiger partial charge in [0.25, 0.3) is 0 Å². The second-order valence-corrected chi connectivity index (χ2v) is 9.26. The number of para-hydroxylation sites is 2. The van der Waals surface area contributed by atoms with Gasteiger partial charge in [-0.05, 0) is 49.2 Å². The van der Waals surface area contributed by atoms with E-state index in [4.69, 9.17) is 4.98 Å². The molecule has 1 aromatic heterocycles. The van der Waals surface area contributed by atoms with Crippen molar-refractivity contribution in [3.8, 4) is 0 Å². The maximum Gasteiger partial charge on any atom is 0.223 e. The van der Waals surface area contributed by atoms with Crippen molar-refractivity contribution in [2.45, 2.75) is 45.2 Å². The molecule has 0 saturated carbocycles. The summed E-state index contributed by atoms with van der Waals surface area (Å²) in [7, 11) is 0. The van der Waals surface area contributed by atoms with Crippen molar-refractivity contribution < 1.29 is 4.79 Å². The largest absolute Gasteiger partial charge is 0.337 e. The second kappa shape index (κ2) is 6.98. The van der Waals surface area contributed by atoms with Crippen LogP contribution in [0.3, 0.4) is 0 Å². The lowest BCUT2D eigenvalue weighted by Gasteiger charge is -2.32. The molecule has 152 valence electrons. The molecule has 0 unspecified atom stereocenters. The van der Waals surface area contributed by atoms with Crippen molar-refractivity contribution >= 4 is 27.7 Å². The molecule has 30 heavy (non-hydrogen) atoms. The zero-order valence-electron chi connectivity index (χ0n) is 17.8. The zero-order valence-corrected chi connectivity index (χ0v) is 17.8. The number of carbonyl (C=O) groups excluding carboxylic acids is 1. The maximum atomic E-state index is 12.8. The molecule has 1 amide bonds. The van der Waals surface area contributed by atoms with Crippen LogP contribution >= 0.6 is 0 Å². The summed E-state index contributed by atoms with van der Waals surface area (Å²) in [6.45, 7) is 7.78. The number of hydrogen-bond donors (Lipinski definition) is 0. The Bertz CT molecular complexity index is 1240. The van der Waals surface area contributed by atoms with Crippen LogP contribution in [0.15, 0.2) is 66.7 Å². The van der Waals surface area contributed by atoms with Gasteiger partial charge in [-0.3, -0.25) is 4.79 Å². The van der Waals surface area contributed by atoms with Gasteiger partial charge in [-0.25, -0.2) is 4.98 Å². The molecule has 0 bridgehead atoms. The zero-order chi connectivity index (χ0) is 20.9. The van der Waals surface area contributed by atoms with Crippen LogP contribution in [-0.2, 0) is 11.3 Å². The van der Waals surface area contributed by atoms with E-state index in [1.807, 2.05) is 11.0 Å². The summed E-state index contributed by atoms with van der Waals surface area (Å²) in [6, 6.07) is 23.3. The Morgan fingerprint density at radius 2 is 1.70 bits per heavy atom. The van der Waals surface area contributed by atoms with Crippen molar-refractivity contribution in [2.24, 2.45) is 0 Å². The van der Waals surface area contributed by atoms with Crippen LogP contribution < -0.4 is 0 Å². The summed E-state index contributed by atoms with van der Waals surface area (Å²) in [4.78, 5) is 19.8. The van der Waals surface area contributed by atoms with Gasteiger partial charge in [-0.2, -0.15) is 0 Å². The molecule has 1 aliphatic heterocycles. The first-order valence-corrected chi connectivity index (χ1v) is 10.6. The van der Waals surface area contributed by atoms with Crippen LogP contribution in [-0.4, -0.2) is 32.4 Å². The summed E-state index contributed by atoms with van der Waals surface area (Å²) >= 11 is 0. The third kappa shape index (κ3) is 3.17. The highest BCUT2D eigenvalue weighted by atomic mass is 16.2. The van der Waals surface area contributed by atoms with Crippen molar-refractivity contribution in [1.29, 1.82) is 0 Å². The van der Waals surface area contributed by atoms with E-state index in [0.717, 1.165) is 29.9 Å². The summed E-state index contributed by atoms with van der Waals surface area (Å²) in [5.41, 5.74) is 3.23. The molecule has 1 saturated heterocycles. The first kappa shape index (κ1) is 18.9. The summed E-state index contributed by atoms with van der Waals surface area (Å²) < 4.78 is 2.32. The third-order valence-corrected chi connectivity index (χ3v) is 6.19. The summed E-state index contributed by atoms with van der Waals surface area (Å²) in [6.07, 6.45) is 0.524. The minimum Gasteiger partial charge on any atom is -0.337 e. The Hall–Kier alpha value is -3.14. The number of nitrogens with zero attached hydrogens (tertiary/aromatic N) is 3. The summed E-state index contributed by atoms with van der Waals surface area (Å²) in [5, 5.41) is 2.51. The van der Waals surface area contributed by atoms with Gasteiger partial charge in [-0.1, -0.05) is 54.6 Å². The van der Waals surface area contributed by atoms with Crippen LogP contribution in [0, 0.1) is 0 Å². The van der Waals surface area contributed by atoms with E-state index >= 15 is 0 Å². The van der Waals surface area contributed by atoms with E-state index in [2.05, 4.69) is 86.0 Å². The van der Waals surface area contributed by atoms with E-state index in [9.17, 15) is 4.79 Å². The molecule has 1 fully saturated rings. The lowest BCUT2D eigenvalue weighted by Crippen LogP contribution is -2.42. The number of fused-ring (bicyclic) bond motifs is 2.